The summed E-state index contributed by atoms with van der Waals surface area (Å²) in [6.07, 6.45) is 3.05. The van der Waals surface area contributed by atoms with Crippen LogP contribution in [0.4, 0.5) is 0 Å². The lowest BCUT2D eigenvalue weighted by Crippen LogP contribution is -2.68. The number of pyridine rings is 1. The Balaban J connectivity index is 1.64. The largest absolute Gasteiger partial charge is 0.458 e. The molecule has 6 heteroatoms. The zero-order valence-corrected chi connectivity index (χ0v) is 20.5. The van der Waals surface area contributed by atoms with Crippen molar-refractivity contribution < 1.29 is 14.0 Å². The molecule has 1 aliphatic heterocycles. The van der Waals surface area contributed by atoms with E-state index >= 15 is 0 Å². The van der Waals surface area contributed by atoms with Crippen molar-refractivity contribution in [3.63, 3.8) is 0 Å². The monoisotopic (exact) mass is 460 g/mol. The molecule has 1 fully saturated rings. The molecule has 0 bridgehead atoms. The van der Waals surface area contributed by atoms with Crippen molar-refractivity contribution in [2.24, 2.45) is 0 Å². The third-order valence-corrected chi connectivity index (χ3v) is 11.3. The number of aromatic nitrogens is 1. The standard InChI is InChI=1S/C27H32N2O3Si/c1-27(2,3)33(22-10-6-4-7-11-22,23-12-8-5-9-13-23)32-25-20-29-19-24(25)31-26(30)18-21-14-16-28-17-15-21/h4-17,24-25,29H,18-20H2,1-3H3/t24-,25-/m0/s1. The van der Waals surface area contributed by atoms with Crippen LogP contribution in [0.1, 0.15) is 26.3 Å². The van der Waals surface area contributed by atoms with Gasteiger partial charge in [-0.25, -0.2) is 0 Å². The van der Waals surface area contributed by atoms with Gasteiger partial charge in [-0.15, -0.1) is 0 Å². The number of hydrogen-bond acceptors (Lipinski definition) is 5. The van der Waals surface area contributed by atoms with Gasteiger partial charge in [-0.2, -0.15) is 0 Å². The molecule has 33 heavy (non-hydrogen) atoms. The lowest BCUT2D eigenvalue weighted by molar-refractivity contribution is -0.150. The molecule has 1 N–H and O–H groups in total. The number of nitrogens with zero attached hydrogens (tertiary/aromatic N) is 1. The van der Waals surface area contributed by atoms with Crippen molar-refractivity contribution in [2.45, 2.75) is 44.4 Å². The van der Waals surface area contributed by atoms with Gasteiger partial charge in [0.25, 0.3) is 8.32 Å². The van der Waals surface area contributed by atoms with Crippen LogP contribution in [-0.2, 0) is 20.4 Å². The summed E-state index contributed by atoms with van der Waals surface area (Å²) in [5.74, 6) is -0.244. The Kier molecular flexibility index (Phi) is 7.07. The summed E-state index contributed by atoms with van der Waals surface area (Å²) < 4.78 is 13.1. The van der Waals surface area contributed by atoms with Gasteiger partial charge in [0.2, 0.25) is 0 Å². The molecule has 0 radical (unpaired) electrons. The van der Waals surface area contributed by atoms with Crippen molar-refractivity contribution >= 4 is 24.7 Å². The minimum atomic E-state index is -2.72. The van der Waals surface area contributed by atoms with Crippen molar-refractivity contribution in [1.82, 2.24) is 10.3 Å². The number of nitrogens with one attached hydrogen (secondary N) is 1. The van der Waals surface area contributed by atoms with E-state index in [-0.39, 0.29) is 29.6 Å². The smallest absolute Gasteiger partial charge is 0.310 e. The number of benzene rings is 2. The lowest BCUT2D eigenvalue weighted by Gasteiger charge is -2.45. The molecule has 2 atom stereocenters. The highest BCUT2D eigenvalue weighted by Gasteiger charge is 2.53. The Hall–Kier alpha value is -2.80. The molecule has 0 unspecified atom stereocenters. The number of rotatable bonds is 7. The Labute approximate surface area is 197 Å². The Morgan fingerprint density at radius 1 is 0.909 bits per heavy atom. The van der Waals surface area contributed by atoms with Crippen LogP contribution < -0.4 is 15.7 Å². The number of carbonyl (C=O) groups excluding carboxylic acids is 1. The van der Waals surface area contributed by atoms with E-state index in [0.717, 1.165) is 5.56 Å². The van der Waals surface area contributed by atoms with Gasteiger partial charge in [0.1, 0.15) is 6.10 Å². The third-order valence-electron chi connectivity index (χ3n) is 6.23. The summed E-state index contributed by atoms with van der Waals surface area (Å²) >= 11 is 0. The molecule has 0 amide bonds. The number of esters is 1. The predicted molar refractivity (Wildman–Crippen MR) is 133 cm³/mol. The van der Waals surface area contributed by atoms with Gasteiger partial charge in [-0.3, -0.25) is 9.78 Å². The van der Waals surface area contributed by atoms with E-state index in [1.165, 1.54) is 10.4 Å². The van der Waals surface area contributed by atoms with Crippen LogP contribution in [0.5, 0.6) is 0 Å². The Bertz CT molecular complexity index is 1000. The highest BCUT2D eigenvalue weighted by atomic mass is 28.4. The van der Waals surface area contributed by atoms with Crippen LogP contribution in [0.3, 0.4) is 0 Å². The van der Waals surface area contributed by atoms with Gasteiger partial charge in [-0.05, 0) is 33.1 Å². The van der Waals surface area contributed by atoms with E-state index in [0.29, 0.717) is 13.1 Å². The minimum absolute atomic E-state index is 0.135. The molecule has 1 aliphatic rings. The maximum Gasteiger partial charge on any atom is 0.310 e. The normalized spacial score (nSPS) is 18.8. The minimum Gasteiger partial charge on any atom is -0.458 e. The number of hydrogen-bond donors (Lipinski definition) is 1. The van der Waals surface area contributed by atoms with Gasteiger partial charge in [0.15, 0.2) is 0 Å². The van der Waals surface area contributed by atoms with E-state index in [9.17, 15) is 4.79 Å². The zero-order chi connectivity index (χ0) is 23.3. The number of carbonyl (C=O) groups is 1. The maximum atomic E-state index is 12.7. The van der Waals surface area contributed by atoms with Crippen molar-refractivity contribution in [1.29, 1.82) is 0 Å². The molecule has 4 rings (SSSR count). The van der Waals surface area contributed by atoms with E-state index in [2.05, 4.69) is 79.6 Å². The molecular weight excluding hydrogens is 428 g/mol. The second kappa shape index (κ2) is 9.99. The SMILES string of the molecule is CC(C)(C)[Si](O[C@H]1CNC[C@@H]1OC(=O)Cc1ccncc1)(c1ccccc1)c1ccccc1. The quantitative estimate of drug-likeness (QED) is 0.434. The van der Waals surface area contributed by atoms with E-state index in [1.54, 1.807) is 12.4 Å². The maximum absolute atomic E-state index is 12.7. The summed E-state index contributed by atoms with van der Waals surface area (Å²) in [5, 5.41) is 5.68. The first-order valence-corrected chi connectivity index (χ1v) is 13.4. The van der Waals surface area contributed by atoms with E-state index in [1.807, 2.05) is 24.3 Å². The third kappa shape index (κ3) is 5.08. The highest BCUT2D eigenvalue weighted by molar-refractivity contribution is 6.99. The summed E-state index contributed by atoms with van der Waals surface area (Å²) in [6, 6.07) is 24.8. The molecule has 3 aromatic rings. The molecule has 172 valence electrons. The second-order valence-electron chi connectivity index (χ2n) is 9.54. The molecule has 5 nitrogen and oxygen atoms in total. The number of ether oxygens (including phenoxy) is 1. The fourth-order valence-corrected chi connectivity index (χ4v) is 9.37. The van der Waals surface area contributed by atoms with Gasteiger partial charge in [-0.1, -0.05) is 81.4 Å². The van der Waals surface area contributed by atoms with Crippen LogP contribution in [-0.4, -0.2) is 44.6 Å². The summed E-state index contributed by atoms with van der Waals surface area (Å²) in [5.41, 5.74) is 0.894. The Morgan fingerprint density at radius 3 is 2.00 bits per heavy atom. The van der Waals surface area contributed by atoms with Crippen LogP contribution in [0.15, 0.2) is 85.2 Å². The van der Waals surface area contributed by atoms with E-state index < -0.39 is 8.32 Å². The first-order valence-electron chi connectivity index (χ1n) is 11.5. The topological polar surface area (TPSA) is 60.5 Å². The fraction of sp³-hybridized carbons (Fsp3) is 0.333. The average Bonchev–Trinajstić information content (AvgIpc) is 3.24. The van der Waals surface area contributed by atoms with Gasteiger partial charge < -0.3 is 14.5 Å². The molecular formula is C27H32N2O3Si. The molecule has 2 heterocycles. The molecule has 1 saturated heterocycles. The summed E-state index contributed by atoms with van der Waals surface area (Å²) in [6.45, 7) is 8.01. The first-order chi connectivity index (χ1) is 15.9. The van der Waals surface area contributed by atoms with Crippen molar-refractivity contribution in [3.05, 3.63) is 90.8 Å². The van der Waals surface area contributed by atoms with Gasteiger partial charge in [0, 0.05) is 25.5 Å². The van der Waals surface area contributed by atoms with E-state index in [4.69, 9.17) is 9.16 Å². The molecule has 2 aromatic carbocycles. The van der Waals surface area contributed by atoms with Crippen LogP contribution in [0.2, 0.25) is 5.04 Å². The lowest BCUT2D eigenvalue weighted by atomic mass is 10.2. The van der Waals surface area contributed by atoms with Crippen molar-refractivity contribution in [2.75, 3.05) is 13.1 Å². The van der Waals surface area contributed by atoms with Crippen LogP contribution in [0.25, 0.3) is 0 Å². The van der Waals surface area contributed by atoms with Crippen LogP contribution in [0, 0.1) is 0 Å². The molecule has 0 aliphatic carbocycles. The average molecular weight is 461 g/mol. The zero-order valence-electron chi connectivity index (χ0n) is 19.5. The van der Waals surface area contributed by atoms with Crippen LogP contribution >= 0.6 is 0 Å². The fourth-order valence-electron chi connectivity index (χ4n) is 4.66. The van der Waals surface area contributed by atoms with Gasteiger partial charge >= 0.3 is 5.97 Å². The molecule has 0 saturated carbocycles. The molecule has 0 spiro atoms. The first kappa shape index (κ1) is 23.4. The van der Waals surface area contributed by atoms with Crippen molar-refractivity contribution in [3.8, 4) is 0 Å². The summed E-state index contributed by atoms with van der Waals surface area (Å²) in [4.78, 5) is 16.7. The summed E-state index contributed by atoms with van der Waals surface area (Å²) in [7, 11) is -2.72. The Morgan fingerprint density at radius 2 is 1.45 bits per heavy atom. The molecule has 1 aromatic heterocycles. The highest BCUT2D eigenvalue weighted by Crippen LogP contribution is 2.38. The second-order valence-corrected chi connectivity index (χ2v) is 13.8. The predicted octanol–water partition coefficient (Wildman–Crippen LogP) is 3.08. The van der Waals surface area contributed by atoms with Gasteiger partial charge in [0.05, 0.1) is 12.5 Å².